The SMILES string of the molecule is O=C(c1cccc(=O)[nH]1)N1C[C@@H]2CC[C@H](Oc3cccc(F)c3)[C@@H]2C1. The molecule has 2 heterocycles. The number of aromatic amines is 1. The van der Waals surface area contributed by atoms with Crippen molar-refractivity contribution in [1.82, 2.24) is 9.88 Å². The zero-order chi connectivity index (χ0) is 17.4. The smallest absolute Gasteiger partial charge is 0.270 e. The maximum Gasteiger partial charge on any atom is 0.270 e. The molecule has 0 unspecified atom stereocenters. The fourth-order valence-corrected chi connectivity index (χ4v) is 3.99. The summed E-state index contributed by atoms with van der Waals surface area (Å²) in [7, 11) is 0. The van der Waals surface area contributed by atoms with Gasteiger partial charge < -0.3 is 14.6 Å². The highest BCUT2D eigenvalue weighted by Crippen LogP contribution is 2.40. The molecule has 25 heavy (non-hydrogen) atoms. The minimum absolute atomic E-state index is 0.0144. The summed E-state index contributed by atoms with van der Waals surface area (Å²) in [6.45, 7) is 1.27. The molecule has 130 valence electrons. The normalized spacial score (nSPS) is 25.0. The Morgan fingerprint density at radius 1 is 1.16 bits per heavy atom. The highest BCUT2D eigenvalue weighted by molar-refractivity contribution is 5.92. The zero-order valence-electron chi connectivity index (χ0n) is 13.7. The number of H-pyrrole nitrogens is 1. The van der Waals surface area contributed by atoms with Crippen molar-refractivity contribution >= 4 is 5.91 Å². The summed E-state index contributed by atoms with van der Waals surface area (Å²) in [5.74, 6) is 0.684. The van der Waals surface area contributed by atoms with Crippen molar-refractivity contribution in [3.63, 3.8) is 0 Å². The number of halogens is 1. The maximum absolute atomic E-state index is 13.3. The molecule has 1 aromatic heterocycles. The van der Waals surface area contributed by atoms with Crippen LogP contribution < -0.4 is 10.3 Å². The largest absolute Gasteiger partial charge is 0.490 e. The number of hydrogen-bond acceptors (Lipinski definition) is 3. The molecule has 1 amide bonds. The second-order valence-electron chi connectivity index (χ2n) is 6.75. The molecular formula is C19H19FN2O3. The molecule has 1 aliphatic heterocycles. The molecule has 0 radical (unpaired) electrons. The molecule has 2 aliphatic rings. The van der Waals surface area contributed by atoms with Gasteiger partial charge in [0.1, 0.15) is 23.4 Å². The Hall–Kier alpha value is -2.63. The third-order valence-corrected chi connectivity index (χ3v) is 5.16. The van der Waals surface area contributed by atoms with Gasteiger partial charge in [-0.15, -0.1) is 0 Å². The van der Waals surface area contributed by atoms with Crippen LogP contribution in [-0.2, 0) is 0 Å². The van der Waals surface area contributed by atoms with E-state index < -0.39 is 0 Å². The molecule has 2 aromatic rings. The van der Waals surface area contributed by atoms with E-state index in [1.165, 1.54) is 18.2 Å². The van der Waals surface area contributed by atoms with Crippen molar-refractivity contribution in [3.05, 3.63) is 64.3 Å². The monoisotopic (exact) mass is 342 g/mol. The predicted octanol–water partition coefficient (Wildman–Crippen LogP) is 2.44. The Morgan fingerprint density at radius 3 is 2.80 bits per heavy atom. The minimum atomic E-state index is -0.316. The molecule has 4 rings (SSSR count). The molecular weight excluding hydrogens is 323 g/mol. The van der Waals surface area contributed by atoms with Crippen molar-refractivity contribution < 1.29 is 13.9 Å². The topological polar surface area (TPSA) is 62.4 Å². The summed E-state index contributed by atoms with van der Waals surface area (Å²) in [5.41, 5.74) is 0.0348. The molecule has 6 heteroatoms. The van der Waals surface area contributed by atoms with Gasteiger partial charge in [0.05, 0.1) is 0 Å². The number of nitrogens with zero attached hydrogens (tertiary/aromatic N) is 1. The Balaban J connectivity index is 1.46. The molecule has 1 aliphatic carbocycles. The van der Waals surface area contributed by atoms with Crippen LogP contribution in [0.25, 0.3) is 0 Å². The van der Waals surface area contributed by atoms with Gasteiger partial charge in [-0.1, -0.05) is 12.1 Å². The number of benzene rings is 1. The Labute approximate surface area is 144 Å². The van der Waals surface area contributed by atoms with E-state index in [-0.39, 0.29) is 29.3 Å². The first-order valence-corrected chi connectivity index (χ1v) is 8.51. The number of rotatable bonds is 3. The molecule has 0 spiro atoms. The summed E-state index contributed by atoms with van der Waals surface area (Å²) in [6, 6.07) is 10.8. The summed E-state index contributed by atoms with van der Waals surface area (Å²) >= 11 is 0. The number of carbonyl (C=O) groups excluding carboxylic acids is 1. The van der Waals surface area contributed by atoms with E-state index >= 15 is 0 Å². The van der Waals surface area contributed by atoms with Crippen molar-refractivity contribution in [3.8, 4) is 5.75 Å². The van der Waals surface area contributed by atoms with Crippen molar-refractivity contribution in [2.45, 2.75) is 18.9 Å². The van der Waals surface area contributed by atoms with E-state index in [4.69, 9.17) is 4.74 Å². The lowest BCUT2D eigenvalue weighted by molar-refractivity contribution is 0.0756. The fraction of sp³-hybridized carbons (Fsp3) is 0.368. The Morgan fingerprint density at radius 2 is 2.00 bits per heavy atom. The van der Waals surface area contributed by atoms with E-state index in [9.17, 15) is 14.0 Å². The van der Waals surface area contributed by atoms with E-state index in [0.29, 0.717) is 30.5 Å². The lowest BCUT2D eigenvalue weighted by Crippen LogP contribution is -2.33. The quantitative estimate of drug-likeness (QED) is 0.932. The van der Waals surface area contributed by atoms with Crippen LogP contribution in [0.1, 0.15) is 23.3 Å². The first-order valence-electron chi connectivity index (χ1n) is 8.51. The van der Waals surface area contributed by atoms with Gasteiger partial charge in [-0.3, -0.25) is 9.59 Å². The van der Waals surface area contributed by atoms with Crippen molar-refractivity contribution in [2.24, 2.45) is 11.8 Å². The van der Waals surface area contributed by atoms with Gasteiger partial charge in [0.25, 0.3) is 5.91 Å². The van der Waals surface area contributed by atoms with Crippen LogP contribution in [0, 0.1) is 17.7 Å². The van der Waals surface area contributed by atoms with Gasteiger partial charge in [0.15, 0.2) is 0 Å². The van der Waals surface area contributed by atoms with Crippen LogP contribution in [0.15, 0.2) is 47.3 Å². The number of nitrogens with one attached hydrogen (secondary N) is 1. The van der Waals surface area contributed by atoms with Gasteiger partial charge in [-0.2, -0.15) is 0 Å². The maximum atomic E-state index is 13.3. The average Bonchev–Trinajstić information content (AvgIpc) is 3.16. The number of aromatic nitrogens is 1. The zero-order valence-corrected chi connectivity index (χ0v) is 13.7. The molecule has 1 saturated carbocycles. The standard InChI is InChI=1S/C19H19FN2O3/c20-13-3-1-4-14(9-13)25-17-8-7-12-10-22(11-15(12)17)19(24)16-5-2-6-18(23)21-16/h1-6,9,12,15,17H,7-8,10-11H2,(H,21,23)/t12-,15+,17-/m0/s1. The number of amides is 1. The highest BCUT2D eigenvalue weighted by Gasteiger charge is 2.45. The summed E-state index contributed by atoms with van der Waals surface area (Å²) in [6.07, 6.45) is 1.88. The molecule has 1 saturated heterocycles. The third-order valence-electron chi connectivity index (χ3n) is 5.16. The van der Waals surface area contributed by atoms with E-state index in [2.05, 4.69) is 4.98 Å². The van der Waals surface area contributed by atoms with E-state index in [1.807, 2.05) is 0 Å². The van der Waals surface area contributed by atoms with Gasteiger partial charge in [-0.05, 0) is 37.0 Å². The first-order chi connectivity index (χ1) is 12.1. The predicted molar refractivity (Wildman–Crippen MR) is 90.0 cm³/mol. The van der Waals surface area contributed by atoms with Gasteiger partial charge in [0.2, 0.25) is 5.56 Å². The molecule has 5 nitrogen and oxygen atoms in total. The van der Waals surface area contributed by atoms with Crippen molar-refractivity contribution in [2.75, 3.05) is 13.1 Å². The lowest BCUT2D eigenvalue weighted by Gasteiger charge is -2.22. The number of fused-ring (bicyclic) bond motifs is 1. The number of ether oxygens (including phenoxy) is 1. The summed E-state index contributed by atoms with van der Waals surface area (Å²) in [5, 5.41) is 0. The first kappa shape index (κ1) is 15.9. The Bertz CT molecular complexity index is 850. The average molecular weight is 342 g/mol. The number of pyridine rings is 1. The highest BCUT2D eigenvalue weighted by atomic mass is 19.1. The van der Waals surface area contributed by atoms with Crippen LogP contribution >= 0.6 is 0 Å². The lowest BCUT2D eigenvalue weighted by atomic mass is 9.99. The number of hydrogen-bond donors (Lipinski definition) is 1. The van der Waals surface area contributed by atoms with Crippen LogP contribution in [0.5, 0.6) is 5.75 Å². The second kappa shape index (κ2) is 6.35. The molecule has 1 aromatic carbocycles. The molecule has 0 bridgehead atoms. The second-order valence-corrected chi connectivity index (χ2v) is 6.75. The molecule has 2 fully saturated rings. The van der Waals surface area contributed by atoms with Crippen LogP contribution in [0.4, 0.5) is 4.39 Å². The van der Waals surface area contributed by atoms with Crippen LogP contribution in [0.3, 0.4) is 0 Å². The van der Waals surface area contributed by atoms with Crippen LogP contribution in [-0.4, -0.2) is 35.0 Å². The van der Waals surface area contributed by atoms with Crippen molar-refractivity contribution in [1.29, 1.82) is 0 Å². The third kappa shape index (κ3) is 3.16. The van der Waals surface area contributed by atoms with Crippen LogP contribution in [0.2, 0.25) is 0 Å². The summed E-state index contributed by atoms with van der Waals surface area (Å²) in [4.78, 5) is 28.4. The van der Waals surface area contributed by atoms with Gasteiger partial charge >= 0.3 is 0 Å². The van der Waals surface area contributed by atoms with E-state index in [1.54, 1.807) is 29.2 Å². The minimum Gasteiger partial charge on any atom is -0.490 e. The Kier molecular flexibility index (Phi) is 4.03. The van der Waals surface area contributed by atoms with E-state index in [0.717, 1.165) is 12.8 Å². The van der Waals surface area contributed by atoms with Gasteiger partial charge in [-0.25, -0.2) is 4.39 Å². The fourth-order valence-electron chi connectivity index (χ4n) is 3.99. The molecule has 3 atom stereocenters. The molecule has 1 N–H and O–H groups in total. The number of carbonyl (C=O) groups is 1. The summed E-state index contributed by atoms with van der Waals surface area (Å²) < 4.78 is 19.3. The number of likely N-dealkylation sites (tertiary alicyclic amines) is 1. The van der Waals surface area contributed by atoms with Gasteiger partial charge in [0, 0.05) is 31.1 Å².